The van der Waals surface area contributed by atoms with Crippen molar-refractivity contribution >= 4 is 67.7 Å². The third-order valence-corrected chi connectivity index (χ3v) is 10.5. The number of halogens is 6. The van der Waals surface area contributed by atoms with E-state index in [1.54, 1.807) is 24.1 Å². The molecule has 15 nitrogen and oxygen atoms in total. The first kappa shape index (κ1) is 44.6. The summed E-state index contributed by atoms with van der Waals surface area (Å²) in [5.74, 6) is 0. The summed E-state index contributed by atoms with van der Waals surface area (Å²) in [7, 11) is 1.64. The fourth-order valence-electron chi connectivity index (χ4n) is 5.81. The van der Waals surface area contributed by atoms with Gasteiger partial charge in [-0.1, -0.05) is 36.4 Å². The zero-order valence-electron chi connectivity index (χ0n) is 31.9. The molecule has 23 heteroatoms. The highest BCUT2D eigenvalue weighted by Gasteiger charge is 2.33. The molecule has 0 aliphatic heterocycles. The van der Waals surface area contributed by atoms with Crippen LogP contribution >= 0.6 is 22.7 Å². The number of aromatic nitrogens is 2. The number of anilines is 4. The number of non-ortho nitro benzene ring substituents is 2. The van der Waals surface area contributed by atoms with Gasteiger partial charge in [0.15, 0.2) is 10.3 Å². The number of nitrogens with one attached hydrogen (secondary N) is 2. The van der Waals surface area contributed by atoms with E-state index in [0.29, 0.717) is 11.1 Å². The summed E-state index contributed by atoms with van der Waals surface area (Å²) in [6, 6.07) is 17.5. The second-order valence-electron chi connectivity index (χ2n) is 13.2. The zero-order valence-corrected chi connectivity index (χ0v) is 33.5. The highest BCUT2D eigenvalue weighted by molar-refractivity contribution is 7.14. The van der Waals surface area contributed by atoms with Gasteiger partial charge >= 0.3 is 24.4 Å². The molecule has 0 radical (unpaired) electrons. The number of hydrogen-bond donors (Lipinski definition) is 2. The summed E-state index contributed by atoms with van der Waals surface area (Å²) >= 11 is 1.85. The number of nitrogens with zero attached hydrogens (tertiary/aromatic N) is 7. The van der Waals surface area contributed by atoms with Gasteiger partial charge < -0.3 is 15.5 Å². The SMILES string of the molecule is CN(CCNC(=O)N(c1cccc(C(F)(F)F)c1)c1nc(-c2cccc([N+](=O)[O-])c2)cs1)CCNC(=O)N(c1cccc(C(F)(F)F)c1)c1nc(-c2cccc([N+](=O)[O-])c2)cs1. The van der Waals surface area contributed by atoms with E-state index >= 15 is 0 Å². The number of carbonyl (C=O) groups is 2. The summed E-state index contributed by atoms with van der Waals surface area (Å²) in [4.78, 5) is 61.2. The van der Waals surface area contributed by atoms with Crippen LogP contribution in [0.4, 0.5) is 68.9 Å². The van der Waals surface area contributed by atoms with E-state index in [1.165, 1.54) is 59.3 Å². The molecular weight excluding hydrogens is 869 g/mol. The van der Waals surface area contributed by atoms with Crippen LogP contribution in [0.3, 0.4) is 0 Å². The largest absolute Gasteiger partial charge is 0.416 e. The first-order valence-corrected chi connectivity index (χ1v) is 19.7. The molecule has 0 aliphatic carbocycles. The van der Waals surface area contributed by atoms with Crippen LogP contribution in [-0.2, 0) is 12.4 Å². The first-order chi connectivity index (χ1) is 29.4. The Labute approximate surface area is 355 Å². The van der Waals surface area contributed by atoms with E-state index in [0.717, 1.165) is 68.9 Å². The van der Waals surface area contributed by atoms with Crippen LogP contribution in [0, 0.1) is 20.2 Å². The standard InChI is InChI=1S/C39H31F6N9O6S2/c1-50(16-14-46-34(55)51(28-10-4-8-26(20-28)38(40,41)42)36-48-32(22-61-36)24-6-2-12-30(18-24)53(57)58)17-15-47-35(56)52(29-11-5-9-27(21-29)39(43,44)45)37-49-33(23-62-37)25-7-3-13-31(19-25)54(59)60/h2-13,18-23H,14-17H2,1H3,(H,46,55)(H,47,56). The fraction of sp³-hybridized carbons (Fsp3) is 0.179. The maximum absolute atomic E-state index is 13.7. The van der Waals surface area contributed by atoms with E-state index in [-0.39, 0.29) is 70.6 Å². The molecular formula is C39H31F6N9O6S2. The minimum Gasteiger partial charge on any atom is -0.336 e. The van der Waals surface area contributed by atoms with Crippen LogP contribution in [0.15, 0.2) is 108 Å². The molecule has 62 heavy (non-hydrogen) atoms. The summed E-state index contributed by atoms with van der Waals surface area (Å²) in [6.45, 7) is 0.228. The second kappa shape index (κ2) is 18.7. The number of alkyl halides is 6. The molecule has 6 aromatic rings. The van der Waals surface area contributed by atoms with Gasteiger partial charge in [0.1, 0.15) is 0 Å². The molecule has 0 saturated carbocycles. The molecule has 0 aliphatic rings. The van der Waals surface area contributed by atoms with Crippen molar-refractivity contribution in [1.29, 1.82) is 0 Å². The molecule has 4 amide bonds. The quantitative estimate of drug-likeness (QED) is 0.0611. The van der Waals surface area contributed by atoms with Crippen molar-refractivity contribution in [3.05, 3.63) is 139 Å². The molecule has 0 fully saturated rings. The number of nitro groups is 2. The average Bonchev–Trinajstić information content (AvgIpc) is 3.92. The topological polar surface area (TPSA) is 180 Å². The lowest BCUT2D eigenvalue weighted by Gasteiger charge is -2.24. The maximum atomic E-state index is 13.7. The molecule has 2 N–H and O–H groups in total. The Morgan fingerprint density at radius 2 is 1.02 bits per heavy atom. The van der Waals surface area contributed by atoms with Gasteiger partial charge in [-0.2, -0.15) is 26.3 Å². The monoisotopic (exact) mass is 899 g/mol. The van der Waals surface area contributed by atoms with Gasteiger partial charge in [0.25, 0.3) is 11.4 Å². The minimum absolute atomic E-state index is 0.0258. The third-order valence-electron chi connectivity index (χ3n) is 8.88. The van der Waals surface area contributed by atoms with Crippen molar-refractivity contribution in [2.45, 2.75) is 12.4 Å². The molecule has 0 bridgehead atoms. The Hall–Kier alpha value is -6.98. The Balaban J connectivity index is 1.13. The number of rotatable bonds is 14. The van der Waals surface area contributed by atoms with E-state index in [9.17, 15) is 56.2 Å². The summed E-state index contributed by atoms with van der Waals surface area (Å²) in [6.07, 6.45) is -9.46. The molecule has 0 spiro atoms. The lowest BCUT2D eigenvalue weighted by molar-refractivity contribution is -0.385. The lowest BCUT2D eigenvalue weighted by atomic mass is 10.1. The predicted molar refractivity (Wildman–Crippen MR) is 220 cm³/mol. The van der Waals surface area contributed by atoms with Crippen LogP contribution in [-0.4, -0.2) is 70.0 Å². The zero-order chi connectivity index (χ0) is 44.8. The van der Waals surface area contributed by atoms with E-state index in [1.807, 2.05) is 0 Å². The molecule has 322 valence electrons. The molecule has 2 aromatic heterocycles. The summed E-state index contributed by atoms with van der Waals surface area (Å²) < 4.78 is 82.2. The van der Waals surface area contributed by atoms with Gasteiger partial charge in [0.05, 0.1) is 43.7 Å². The number of urea groups is 2. The molecule has 4 aromatic carbocycles. The van der Waals surface area contributed by atoms with Crippen molar-refractivity contribution in [2.75, 3.05) is 43.0 Å². The molecule has 0 atom stereocenters. The Bertz CT molecular complexity index is 2430. The van der Waals surface area contributed by atoms with Gasteiger partial charge in [-0.25, -0.2) is 29.4 Å². The lowest BCUT2D eigenvalue weighted by Crippen LogP contribution is -2.43. The number of amides is 4. The summed E-state index contributed by atoms with van der Waals surface area (Å²) in [5, 5.41) is 30.9. The molecule has 0 unspecified atom stereocenters. The minimum atomic E-state index is -4.73. The number of thiazole rings is 2. The van der Waals surface area contributed by atoms with Crippen LogP contribution in [0.25, 0.3) is 22.5 Å². The van der Waals surface area contributed by atoms with Crippen LogP contribution in [0.1, 0.15) is 11.1 Å². The van der Waals surface area contributed by atoms with Crippen molar-refractivity contribution in [3.63, 3.8) is 0 Å². The van der Waals surface area contributed by atoms with E-state index in [4.69, 9.17) is 0 Å². The van der Waals surface area contributed by atoms with Gasteiger partial charge in [0, 0.05) is 72.3 Å². The second-order valence-corrected chi connectivity index (χ2v) is 14.9. The van der Waals surface area contributed by atoms with Crippen molar-refractivity contribution in [1.82, 2.24) is 25.5 Å². The third kappa shape index (κ3) is 10.8. The van der Waals surface area contributed by atoms with Gasteiger partial charge in [-0.05, 0) is 43.4 Å². The van der Waals surface area contributed by atoms with Gasteiger partial charge in [-0.3, -0.25) is 20.2 Å². The van der Waals surface area contributed by atoms with E-state index < -0.39 is 45.4 Å². The number of benzene rings is 4. The first-order valence-electron chi connectivity index (χ1n) is 18.0. The van der Waals surface area contributed by atoms with E-state index in [2.05, 4.69) is 20.6 Å². The average molecular weight is 900 g/mol. The highest BCUT2D eigenvalue weighted by Crippen LogP contribution is 2.38. The molecule has 2 heterocycles. The van der Waals surface area contributed by atoms with Gasteiger partial charge in [0.2, 0.25) is 0 Å². The normalized spacial score (nSPS) is 11.6. The van der Waals surface area contributed by atoms with Crippen LogP contribution in [0.5, 0.6) is 0 Å². The van der Waals surface area contributed by atoms with Crippen LogP contribution in [0.2, 0.25) is 0 Å². The van der Waals surface area contributed by atoms with Crippen molar-refractivity contribution in [3.8, 4) is 22.5 Å². The van der Waals surface area contributed by atoms with Crippen molar-refractivity contribution in [2.24, 2.45) is 0 Å². The number of nitro benzene ring substituents is 2. The highest BCUT2D eigenvalue weighted by atomic mass is 32.1. The van der Waals surface area contributed by atoms with Crippen LogP contribution < -0.4 is 20.4 Å². The Morgan fingerprint density at radius 3 is 1.39 bits per heavy atom. The fourth-order valence-corrected chi connectivity index (χ4v) is 7.51. The molecule has 0 saturated heterocycles. The number of likely N-dealkylation sites (N-methyl/N-ethyl adjacent to an activating group) is 1. The van der Waals surface area contributed by atoms with Gasteiger partial charge in [-0.15, -0.1) is 22.7 Å². The summed E-state index contributed by atoms with van der Waals surface area (Å²) in [5.41, 5.74) is -1.61. The smallest absolute Gasteiger partial charge is 0.336 e. The number of carbonyl (C=O) groups excluding carboxylic acids is 2. The number of hydrogen-bond acceptors (Lipinski definition) is 11. The Morgan fingerprint density at radius 1 is 0.629 bits per heavy atom. The predicted octanol–water partition coefficient (Wildman–Crippen LogP) is 10.1. The maximum Gasteiger partial charge on any atom is 0.416 e. The molecule has 6 rings (SSSR count). The Kier molecular flexibility index (Phi) is 13.5. The van der Waals surface area contributed by atoms with Crippen molar-refractivity contribution < 1.29 is 45.8 Å².